The second-order valence-electron chi connectivity index (χ2n) is 2.82. The van der Waals surface area contributed by atoms with Crippen LogP contribution in [0.1, 0.15) is 11.8 Å². The summed E-state index contributed by atoms with van der Waals surface area (Å²) >= 11 is 5.15. The number of hydrogen-bond donors (Lipinski definition) is 1. The number of rotatable bonds is 6. The molecule has 80 valence electrons. The zero-order chi connectivity index (χ0) is 10.4. The highest BCUT2D eigenvalue weighted by Gasteiger charge is 1.98. The molecule has 1 aromatic heterocycles. The SMILES string of the molecule is CCS(=O)CCNCc1ccc(Br)s1. The van der Waals surface area contributed by atoms with Gasteiger partial charge in [0.15, 0.2) is 0 Å². The van der Waals surface area contributed by atoms with Crippen molar-refractivity contribution in [3.05, 3.63) is 20.8 Å². The molecule has 0 aliphatic heterocycles. The fourth-order valence-electron chi connectivity index (χ4n) is 0.989. The Morgan fingerprint density at radius 1 is 1.57 bits per heavy atom. The number of nitrogens with one attached hydrogen (secondary N) is 1. The molecule has 1 rings (SSSR count). The lowest BCUT2D eigenvalue weighted by Gasteiger charge is -2.01. The van der Waals surface area contributed by atoms with Gasteiger partial charge in [-0.2, -0.15) is 0 Å². The van der Waals surface area contributed by atoms with Crippen molar-refractivity contribution in [3.63, 3.8) is 0 Å². The average molecular weight is 296 g/mol. The first-order valence-electron chi connectivity index (χ1n) is 4.52. The normalized spacial score (nSPS) is 13.0. The van der Waals surface area contributed by atoms with Gasteiger partial charge in [-0.1, -0.05) is 6.92 Å². The molecule has 0 aliphatic rings. The minimum atomic E-state index is -0.648. The lowest BCUT2D eigenvalue weighted by atomic mass is 10.4. The lowest BCUT2D eigenvalue weighted by Crippen LogP contribution is -2.20. The van der Waals surface area contributed by atoms with Gasteiger partial charge in [0, 0.05) is 40.3 Å². The van der Waals surface area contributed by atoms with Gasteiger partial charge in [0.1, 0.15) is 0 Å². The van der Waals surface area contributed by atoms with Gasteiger partial charge in [-0.3, -0.25) is 4.21 Å². The molecule has 0 spiro atoms. The molecule has 1 N–H and O–H groups in total. The molecule has 0 aliphatic carbocycles. The van der Waals surface area contributed by atoms with E-state index in [0.717, 1.165) is 28.4 Å². The minimum Gasteiger partial charge on any atom is -0.311 e. The topological polar surface area (TPSA) is 29.1 Å². The van der Waals surface area contributed by atoms with Crippen LogP contribution in [0.4, 0.5) is 0 Å². The van der Waals surface area contributed by atoms with Gasteiger partial charge in [-0.05, 0) is 28.1 Å². The predicted octanol–water partition coefficient (Wildman–Crippen LogP) is 2.37. The fraction of sp³-hybridized carbons (Fsp3) is 0.556. The van der Waals surface area contributed by atoms with E-state index in [4.69, 9.17) is 0 Å². The molecule has 1 unspecified atom stereocenters. The van der Waals surface area contributed by atoms with Crippen molar-refractivity contribution in [1.82, 2.24) is 5.32 Å². The third kappa shape index (κ3) is 4.68. The molecule has 1 atom stereocenters. The minimum absolute atomic E-state index is 0.648. The summed E-state index contributed by atoms with van der Waals surface area (Å²) in [6, 6.07) is 4.14. The van der Waals surface area contributed by atoms with Crippen LogP contribution in [0.25, 0.3) is 0 Å². The molecule has 0 fully saturated rings. The molecule has 5 heteroatoms. The van der Waals surface area contributed by atoms with Crippen molar-refractivity contribution < 1.29 is 4.21 Å². The zero-order valence-corrected chi connectivity index (χ0v) is 11.3. The standard InChI is InChI=1S/C9H14BrNOS2/c1-2-14(12)6-5-11-7-8-3-4-9(10)13-8/h3-4,11H,2,5-7H2,1H3. The second kappa shape index (κ2) is 6.71. The number of halogens is 1. The van der Waals surface area contributed by atoms with E-state index in [-0.39, 0.29) is 0 Å². The Morgan fingerprint density at radius 2 is 2.36 bits per heavy atom. The quantitative estimate of drug-likeness (QED) is 0.817. The summed E-state index contributed by atoms with van der Waals surface area (Å²) in [5.41, 5.74) is 0. The Labute approximate surface area is 99.7 Å². The molecular formula is C9H14BrNOS2. The highest BCUT2D eigenvalue weighted by atomic mass is 79.9. The fourth-order valence-corrected chi connectivity index (χ4v) is 3.10. The van der Waals surface area contributed by atoms with Crippen LogP contribution in [-0.4, -0.2) is 22.3 Å². The Morgan fingerprint density at radius 3 is 2.93 bits per heavy atom. The first-order valence-corrected chi connectivity index (χ1v) is 7.62. The molecular weight excluding hydrogens is 282 g/mol. The van der Waals surface area contributed by atoms with Crippen LogP contribution in [0.3, 0.4) is 0 Å². The molecule has 2 nitrogen and oxygen atoms in total. The van der Waals surface area contributed by atoms with Gasteiger partial charge in [-0.25, -0.2) is 0 Å². The molecule has 0 saturated carbocycles. The van der Waals surface area contributed by atoms with E-state index in [0.29, 0.717) is 0 Å². The summed E-state index contributed by atoms with van der Waals surface area (Å²) in [5, 5.41) is 3.28. The van der Waals surface area contributed by atoms with E-state index in [1.807, 2.05) is 13.0 Å². The third-order valence-electron chi connectivity index (χ3n) is 1.76. The van der Waals surface area contributed by atoms with Crippen molar-refractivity contribution in [1.29, 1.82) is 0 Å². The van der Waals surface area contributed by atoms with Crippen molar-refractivity contribution >= 4 is 38.1 Å². The Bertz CT molecular complexity index is 301. The van der Waals surface area contributed by atoms with Crippen molar-refractivity contribution in [2.45, 2.75) is 13.5 Å². The van der Waals surface area contributed by atoms with Crippen molar-refractivity contribution in [2.24, 2.45) is 0 Å². The number of hydrogen-bond acceptors (Lipinski definition) is 3. The molecule has 1 heterocycles. The predicted molar refractivity (Wildman–Crippen MR) is 67.3 cm³/mol. The van der Waals surface area contributed by atoms with Gasteiger partial charge in [0.2, 0.25) is 0 Å². The Balaban J connectivity index is 2.13. The maximum Gasteiger partial charge on any atom is 0.0701 e. The van der Waals surface area contributed by atoms with Crippen LogP contribution in [0, 0.1) is 0 Å². The maximum atomic E-state index is 11.1. The largest absolute Gasteiger partial charge is 0.311 e. The van der Waals surface area contributed by atoms with Gasteiger partial charge < -0.3 is 5.32 Å². The first-order chi connectivity index (χ1) is 6.72. The van der Waals surface area contributed by atoms with Gasteiger partial charge >= 0.3 is 0 Å². The molecule has 0 amide bonds. The lowest BCUT2D eigenvalue weighted by molar-refractivity contribution is 0.675. The van der Waals surface area contributed by atoms with Crippen LogP contribution in [-0.2, 0) is 17.3 Å². The summed E-state index contributed by atoms with van der Waals surface area (Å²) in [6.45, 7) is 3.65. The smallest absolute Gasteiger partial charge is 0.0701 e. The zero-order valence-electron chi connectivity index (χ0n) is 8.09. The third-order valence-corrected chi connectivity index (χ3v) is 4.68. The molecule has 0 bridgehead atoms. The van der Waals surface area contributed by atoms with E-state index in [9.17, 15) is 4.21 Å². The van der Waals surface area contributed by atoms with Crippen molar-refractivity contribution in [3.8, 4) is 0 Å². The molecule has 1 aromatic rings. The van der Waals surface area contributed by atoms with Gasteiger partial charge in [0.05, 0.1) is 3.79 Å². The highest BCUT2D eigenvalue weighted by molar-refractivity contribution is 9.11. The van der Waals surface area contributed by atoms with Crippen LogP contribution in [0.5, 0.6) is 0 Å². The Hall–Kier alpha value is 0.290. The van der Waals surface area contributed by atoms with Crippen molar-refractivity contribution in [2.75, 3.05) is 18.1 Å². The van der Waals surface area contributed by atoms with E-state index in [1.165, 1.54) is 4.88 Å². The van der Waals surface area contributed by atoms with E-state index >= 15 is 0 Å². The average Bonchev–Trinajstić information content (AvgIpc) is 2.58. The van der Waals surface area contributed by atoms with E-state index < -0.39 is 10.8 Å². The second-order valence-corrected chi connectivity index (χ2v) is 7.23. The van der Waals surface area contributed by atoms with E-state index in [2.05, 4.69) is 27.3 Å². The van der Waals surface area contributed by atoms with Crippen LogP contribution < -0.4 is 5.32 Å². The highest BCUT2D eigenvalue weighted by Crippen LogP contribution is 2.21. The first kappa shape index (κ1) is 12.4. The Kier molecular flexibility index (Phi) is 5.93. The van der Waals surface area contributed by atoms with Crippen LogP contribution in [0.15, 0.2) is 15.9 Å². The maximum absolute atomic E-state index is 11.1. The molecule has 0 radical (unpaired) electrons. The van der Waals surface area contributed by atoms with Gasteiger partial charge in [-0.15, -0.1) is 11.3 Å². The van der Waals surface area contributed by atoms with Crippen LogP contribution >= 0.6 is 27.3 Å². The summed E-state index contributed by atoms with van der Waals surface area (Å²) in [7, 11) is -0.648. The van der Waals surface area contributed by atoms with Crippen LogP contribution in [0.2, 0.25) is 0 Å². The summed E-state index contributed by atoms with van der Waals surface area (Å²) < 4.78 is 12.3. The summed E-state index contributed by atoms with van der Waals surface area (Å²) in [4.78, 5) is 1.30. The summed E-state index contributed by atoms with van der Waals surface area (Å²) in [5.74, 6) is 1.51. The monoisotopic (exact) mass is 295 g/mol. The van der Waals surface area contributed by atoms with Gasteiger partial charge in [0.25, 0.3) is 0 Å². The molecule has 0 aromatic carbocycles. The van der Waals surface area contributed by atoms with E-state index in [1.54, 1.807) is 11.3 Å². The summed E-state index contributed by atoms with van der Waals surface area (Å²) in [6.07, 6.45) is 0. The molecule has 14 heavy (non-hydrogen) atoms. The number of thiophene rings is 1. The molecule has 0 saturated heterocycles.